The molecule has 7 heteroatoms. The molecule has 19 heavy (non-hydrogen) atoms. The Morgan fingerprint density at radius 2 is 1.95 bits per heavy atom. The molecule has 1 unspecified atom stereocenters. The molecule has 0 aromatic heterocycles. The van der Waals surface area contributed by atoms with E-state index in [1.165, 1.54) is 7.11 Å². The molecule has 0 aliphatic carbocycles. The average molecular weight is 292 g/mol. The van der Waals surface area contributed by atoms with Gasteiger partial charge in [-0.25, -0.2) is 8.42 Å². The minimum atomic E-state index is -2.89. The summed E-state index contributed by atoms with van der Waals surface area (Å²) in [6.07, 6.45) is 0.918. The van der Waals surface area contributed by atoms with Crippen LogP contribution in [0.15, 0.2) is 0 Å². The van der Waals surface area contributed by atoms with Crippen molar-refractivity contribution < 1.29 is 17.9 Å². The Morgan fingerprint density at radius 3 is 2.42 bits per heavy atom. The van der Waals surface area contributed by atoms with E-state index in [1.807, 2.05) is 11.8 Å². The molecule has 0 aromatic carbocycles. The summed E-state index contributed by atoms with van der Waals surface area (Å²) in [5, 5.41) is 3.20. The summed E-state index contributed by atoms with van der Waals surface area (Å²) in [7, 11) is -1.52. The number of ether oxygens (including phenoxy) is 1. The molecule has 1 aliphatic rings. The molecule has 1 aliphatic heterocycles. The Labute approximate surface area is 115 Å². The van der Waals surface area contributed by atoms with Crippen LogP contribution in [-0.2, 0) is 19.4 Å². The molecule has 1 saturated heterocycles. The van der Waals surface area contributed by atoms with Gasteiger partial charge in [0.05, 0.1) is 18.6 Å². The number of nitrogens with zero attached hydrogens (tertiary/aromatic N) is 1. The number of nitrogens with one attached hydrogen (secondary N) is 1. The molecule has 1 rings (SSSR count). The Kier molecular flexibility index (Phi) is 5.76. The van der Waals surface area contributed by atoms with Crippen LogP contribution in [0.5, 0.6) is 0 Å². The summed E-state index contributed by atoms with van der Waals surface area (Å²) in [6.45, 7) is 5.97. The first kappa shape index (κ1) is 16.4. The van der Waals surface area contributed by atoms with Crippen molar-refractivity contribution in [1.82, 2.24) is 10.2 Å². The van der Waals surface area contributed by atoms with Gasteiger partial charge in [-0.1, -0.05) is 6.92 Å². The lowest BCUT2D eigenvalue weighted by molar-refractivity contribution is -0.148. The molecule has 1 N–H and O–H groups in total. The predicted octanol–water partition coefficient (Wildman–Crippen LogP) is -0.352. The lowest BCUT2D eigenvalue weighted by Crippen LogP contribution is -2.59. The van der Waals surface area contributed by atoms with Crippen LogP contribution in [0.3, 0.4) is 0 Å². The van der Waals surface area contributed by atoms with E-state index in [0.29, 0.717) is 19.6 Å². The zero-order chi connectivity index (χ0) is 14.5. The smallest absolute Gasteiger partial charge is 0.327 e. The monoisotopic (exact) mass is 292 g/mol. The SMILES string of the molecule is CCCNC(C)(CN1CCS(=O)(=O)CC1)C(=O)OC. The maximum atomic E-state index is 11.9. The largest absolute Gasteiger partial charge is 0.468 e. The molecule has 0 radical (unpaired) electrons. The van der Waals surface area contributed by atoms with Crippen LogP contribution < -0.4 is 5.32 Å². The van der Waals surface area contributed by atoms with Crippen LogP contribution in [0.2, 0.25) is 0 Å². The third-order valence-electron chi connectivity index (χ3n) is 3.38. The normalized spacial score (nSPS) is 22.7. The molecular formula is C12H24N2O4S. The third kappa shape index (κ3) is 4.74. The molecular weight excluding hydrogens is 268 g/mol. The van der Waals surface area contributed by atoms with Crippen LogP contribution in [-0.4, -0.2) is 69.6 Å². The lowest BCUT2D eigenvalue weighted by Gasteiger charge is -2.35. The zero-order valence-corrected chi connectivity index (χ0v) is 12.8. The van der Waals surface area contributed by atoms with Gasteiger partial charge in [0.15, 0.2) is 9.84 Å². The second-order valence-electron chi connectivity index (χ2n) is 5.18. The summed E-state index contributed by atoms with van der Waals surface area (Å²) >= 11 is 0. The fourth-order valence-electron chi connectivity index (χ4n) is 2.17. The highest BCUT2D eigenvalue weighted by atomic mass is 32.2. The maximum absolute atomic E-state index is 11.9. The summed E-state index contributed by atoms with van der Waals surface area (Å²) < 4.78 is 27.6. The van der Waals surface area contributed by atoms with Gasteiger partial charge in [0.25, 0.3) is 0 Å². The average Bonchev–Trinajstić information content (AvgIpc) is 2.38. The highest BCUT2D eigenvalue weighted by molar-refractivity contribution is 7.91. The van der Waals surface area contributed by atoms with Crippen molar-refractivity contribution in [2.45, 2.75) is 25.8 Å². The molecule has 0 saturated carbocycles. The highest BCUT2D eigenvalue weighted by Crippen LogP contribution is 2.12. The first-order valence-corrected chi connectivity index (χ1v) is 8.41. The summed E-state index contributed by atoms with van der Waals surface area (Å²) in [4.78, 5) is 13.9. The Hall–Kier alpha value is -0.660. The number of methoxy groups -OCH3 is 1. The van der Waals surface area contributed by atoms with Gasteiger partial charge in [0, 0.05) is 19.6 Å². The van der Waals surface area contributed by atoms with E-state index in [-0.39, 0.29) is 17.5 Å². The van der Waals surface area contributed by atoms with Crippen LogP contribution in [0.1, 0.15) is 20.3 Å². The first-order valence-electron chi connectivity index (χ1n) is 6.59. The van der Waals surface area contributed by atoms with Crippen molar-refractivity contribution in [1.29, 1.82) is 0 Å². The van der Waals surface area contributed by atoms with Gasteiger partial charge in [-0.15, -0.1) is 0 Å². The van der Waals surface area contributed by atoms with Crippen molar-refractivity contribution in [3.63, 3.8) is 0 Å². The molecule has 6 nitrogen and oxygen atoms in total. The summed E-state index contributed by atoms with van der Waals surface area (Å²) in [5.74, 6) is 0.0187. The molecule has 1 heterocycles. The van der Waals surface area contributed by atoms with Crippen LogP contribution in [0, 0.1) is 0 Å². The van der Waals surface area contributed by atoms with Gasteiger partial charge in [-0.05, 0) is 19.9 Å². The van der Waals surface area contributed by atoms with Crippen molar-refractivity contribution >= 4 is 15.8 Å². The minimum Gasteiger partial charge on any atom is -0.468 e. The third-order valence-corrected chi connectivity index (χ3v) is 4.99. The molecule has 1 atom stereocenters. The van der Waals surface area contributed by atoms with Crippen molar-refractivity contribution in [2.75, 3.05) is 44.8 Å². The Bertz CT molecular complexity index is 396. The van der Waals surface area contributed by atoms with E-state index in [9.17, 15) is 13.2 Å². The van der Waals surface area contributed by atoms with Gasteiger partial charge >= 0.3 is 5.97 Å². The van der Waals surface area contributed by atoms with Gasteiger partial charge in [-0.2, -0.15) is 0 Å². The topological polar surface area (TPSA) is 75.7 Å². The van der Waals surface area contributed by atoms with Crippen molar-refractivity contribution in [3.05, 3.63) is 0 Å². The number of carbonyl (C=O) groups excluding carboxylic acids is 1. The van der Waals surface area contributed by atoms with E-state index in [1.54, 1.807) is 6.92 Å². The van der Waals surface area contributed by atoms with Crippen LogP contribution >= 0.6 is 0 Å². The number of carbonyl (C=O) groups is 1. The van der Waals surface area contributed by atoms with Crippen LogP contribution in [0.25, 0.3) is 0 Å². The standard InChI is InChI=1S/C12H24N2O4S/c1-4-5-13-12(2,11(15)18-3)10-14-6-8-19(16,17)9-7-14/h13H,4-10H2,1-3H3. The molecule has 1 fully saturated rings. The van der Waals surface area contributed by atoms with Gasteiger partial charge in [-0.3, -0.25) is 9.69 Å². The van der Waals surface area contributed by atoms with Gasteiger partial charge < -0.3 is 10.1 Å². The number of esters is 1. The van der Waals surface area contributed by atoms with Crippen LogP contribution in [0.4, 0.5) is 0 Å². The fourth-order valence-corrected chi connectivity index (χ4v) is 3.45. The summed E-state index contributed by atoms with van der Waals surface area (Å²) in [5.41, 5.74) is -0.786. The number of rotatable bonds is 6. The number of hydrogen-bond acceptors (Lipinski definition) is 6. The first-order chi connectivity index (χ1) is 8.83. The van der Waals surface area contributed by atoms with Gasteiger partial charge in [0.1, 0.15) is 5.54 Å². The lowest BCUT2D eigenvalue weighted by atomic mass is 10.0. The van der Waals surface area contributed by atoms with E-state index >= 15 is 0 Å². The quantitative estimate of drug-likeness (QED) is 0.674. The Balaban J connectivity index is 2.65. The summed E-state index contributed by atoms with van der Waals surface area (Å²) in [6, 6.07) is 0. The van der Waals surface area contributed by atoms with Crippen molar-refractivity contribution in [2.24, 2.45) is 0 Å². The van der Waals surface area contributed by atoms with E-state index in [4.69, 9.17) is 4.74 Å². The van der Waals surface area contributed by atoms with Crippen molar-refractivity contribution in [3.8, 4) is 0 Å². The minimum absolute atomic E-state index is 0.165. The molecule has 0 aromatic rings. The highest BCUT2D eigenvalue weighted by Gasteiger charge is 2.37. The zero-order valence-electron chi connectivity index (χ0n) is 11.9. The van der Waals surface area contributed by atoms with E-state index in [0.717, 1.165) is 13.0 Å². The molecule has 0 amide bonds. The molecule has 0 bridgehead atoms. The second kappa shape index (κ2) is 6.67. The van der Waals surface area contributed by atoms with Gasteiger partial charge in [0.2, 0.25) is 0 Å². The maximum Gasteiger partial charge on any atom is 0.327 e. The predicted molar refractivity (Wildman–Crippen MR) is 73.8 cm³/mol. The number of sulfone groups is 1. The van der Waals surface area contributed by atoms with E-state index in [2.05, 4.69) is 5.32 Å². The Morgan fingerprint density at radius 1 is 1.37 bits per heavy atom. The number of hydrogen-bond donors (Lipinski definition) is 1. The molecule has 112 valence electrons. The fraction of sp³-hybridized carbons (Fsp3) is 0.917. The van der Waals surface area contributed by atoms with E-state index < -0.39 is 15.4 Å². The second-order valence-corrected chi connectivity index (χ2v) is 7.48. The molecule has 0 spiro atoms.